The zero-order valence-electron chi connectivity index (χ0n) is 12.2. The molecule has 0 radical (unpaired) electrons. The Morgan fingerprint density at radius 2 is 2.14 bits per heavy atom. The van der Waals surface area contributed by atoms with E-state index in [4.69, 9.17) is 0 Å². The Bertz CT molecular complexity index is 664. The maximum atomic E-state index is 13.5. The molecule has 122 valence electrons. The summed E-state index contributed by atoms with van der Waals surface area (Å²) in [6.07, 6.45) is 0.541. The van der Waals surface area contributed by atoms with Crippen LogP contribution in [0.15, 0.2) is 18.2 Å². The van der Waals surface area contributed by atoms with Gasteiger partial charge in [0.2, 0.25) is 0 Å². The van der Waals surface area contributed by atoms with Crippen molar-refractivity contribution in [2.75, 3.05) is 25.1 Å². The van der Waals surface area contributed by atoms with Gasteiger partial charge in [0.05, 0.1) is 11.5 Å². The van der Waals surface area contributed by atoms with E-state index in [9.17, 15) is 22.0 Å². The third kappa shape index (κ3) is 4.40. The average molecular weight is 332 g/mol. The van der Waals surface area contributed by atoms with E-state index in [1.165, 1.54) is 18.0 Å². The Balaban J connectivity index is 1.84. The molecule has 2 amide bonds. The van der Waals surface area contributed by atoms with E-state index in [0.29, 0.717) is 6.42 Å². The normalized spacial score (nSPS) is 19.9. The fourth-order valence-corrected chi connectivity index (χ4v) is 4.24. The van der Waals surface area contributed by atoms with Crippen LogP contribution in [0.2, 0.25) is 0 Å². The first-order valence-electron chi connectivity index (χ1n) is 6.90. The molecule has 1 unspecified atom stereocenters. The Morgan fingerprint density at radius 1 is 1.41 bits per heavy atom. The highest BCUT2D eigenvalue weighted by Gasteiger charge is 2.28. The van der Waals surface area contributed by atoms with Gasteiger partial charge < -0.3 is 10.2 Å². The smallest absolute Gasteiger partial charge is 0.317 e. The molecule has 1 aliphatic heterocycles. The third-order valence-corrected chi connectivity index (χ3v) is 5.48. The van der Waals surface area contributed by atoms with Crippen molar-refractivity contribution in [2.24, 2.45) is 5.92 Å². The largest absolute Gasteiger partial charge is 0.338 e. The Morgan fingerprint density at radius 3 is 2.73 bits per heavy atom. The number of hydrogen-bond acceptors (Lipinski definition) is 3. The first kappa shape index (κ1) is 16.7. The molecule has 1 atom stereocenters. The first-order valence-corrected chi connectivity index (χ1v) is 8.72. The van der Waals surface area contributed by atoms with Crippen molar-refractivity contribution >= 4 is 15.9 Å². The van der Waals surface area contributed by atoms with Gasteiger partial charge in [-0.05, 0) is 18.4 Å². The number of sulfone groups is 1. The standard InChI is InChI=1S/C14H18F2N2O3S/c1-18(8-11-2-3-12(15)6-13(11)16)14(19)17-7-10-4-5-22(20,21)9-10/h2-3,6,10H,4-5,7-9H2,1H3,(H,17,19). The van der Waals surface area contributed by atoms with Gasteiger partial charge in [-0.3, -0.25) is 0 Å². The molecule has 0 bridgehead atoms. The maximum Gasteiger partial charge on any atom is 0.317 e. The van der Waals surface area contributed by atoms with Crippen molar-refractivity contribution in [3.05, 3.63) is 35.4 Å². The molecule has 1 saturated heterocycles. The van der Waals surface area contributed by atoms with Crippen molar-refractivity contribution in [1.82, 2.24) is 10.2 Å². The Labute approximate surface area is 128 Å². The van der Waals surface area contributed by atoms with E-state index >= 15 is 0 Å². The summed E-state index contributed by atoms with van der Waals surface area (Å²) in [5.74, 6) is -1.21. The number of nitrogens with one attached hydrogen (secondary N) is 1. The van der Waals surface area contributed by atoms with Crippen molar-refractivity contribution < 1.29 is 22.0 Å². The van der Waals surface area contributed by atoms with Gasteiger partial charge in [0.25, 0.3) is 0 Å². The number of hydrogen-bond donors (Lipinski definition) is 1. The molecule has 8 heteroatoms. The second-order valence-corrected chi connectivity index (χ2v) is 7.78. The predicted octanol–water partition coefficient (Wildman–Crippen LogP) is 1.54. The topological polar surface area (TPSA) is 66.5 Å². The van der Waals surface area contributed by atoms with Gasteiger partial charge in [-0.2, -0.15) is 0 Å². The molecule has 0 aliphatic carbocycles. The summed E-state index contributed by atoms with van der Waals surface area (Å²) in [5.41, 5.74) is 0.211. The fourth-order valence-electron chi connectivity index (χ4n) is 2.38. The Kier molecular flexibility index (Phi) is 5.00. The summed E-state index contributed by atoms with van der Waals surface area (Å²) in [4.78, 5) is 13.2. The van der Waals surface area contributed by atoms with Gasteiger partial charge in [-0.1, -0.05) is 6.07 Å². The molecule has 0 spiro atoms. The van der Waals surface area contributed by atoms with Gasteiger partial charge >= 0.3 is 6.03 Å². The van der Waals surface area contributed by atoms with Crippen LogP contribution < -0.4 is 5.32 Å². The molecule has 1 N–H and O–H groups in total. The lowest BCUT2D eigenvalue weighted by Crippen LogP contribution is -2.39. The van der Waals surface area contributed by atoms with E-state index in [-0.39, 0.29) is 36.1 Å². The lowest BCUT2D eigenvalue weighted by Gasteiger charge is -2.19. The van der Waals surface area contributed by atoms with Crippen LogP contribution in [0.25, 0.3) is 0 Å². The number of nitrogens with zero attached hydrogens (tertiary/aromatic N) is 1. The van der Waals surface area contributed by atoms with Crippen LogP contribution in [0.5, 0.6) is 0 Å². The van der Waals surface area contributed by atoms with Gasteiger partial charge in [-0.25, -0.2) is 22.0 Å². The highest BCUT2D eigenvalue weighted by molar-refractivity contribution is 7.91. The van der Waals surface area contributed by atoms with E-state index in [2.05, 4.69) is 5.32 Å². The van der Waals surface area contributed by atoms with Crippen molar-refractivity contribution in [3.8, 4) is 0 Å². The summed E-state index contributed by atoms with van der Waals surface area (Å²) >= 11 is 0. The number of halogens is 2. The molecule has 5 nitrogen and oxygen atoms in total. The molecular weight excluding hydrogens is 314 g/mol. The van der Waals surface area contributed by atoms with Crippen molar-refractivity contribution in [1.29, 1.82) is 0 Å². The van der Waals surface area contributed by atoms with Crippen LogP contribution in [0.1, 0.15) is 12.0 Å². The number of carbonyl (C=O) groups is 1. The minimum Gasteiger partial charge on any atom is -0.338 e. The quantitative estimate of drug-likeness (QED) is 0.909. The van der Waals surface area contributed by atoms with Gasteiger partial charge in [0, 0.05) is 31.8 Å². The zero-order valence-corrected chi connectivity index (χ0v) is 13.0. The van der Waals surface area contributed by atoms with Crippen LogP contribution >= 0.6 is 0 Å². The second-order valence-electron chi connectivity index (χ2n) is 5.55. The van der Waals surface area contributed by atoms with Crippen LogP contribution in [0, 0.1) is 17.6 Å². The Hall–Kier alpha value is -1.70. The molecule has 1 aromatic rings. The van der Waals surface area contributed by atoms with Crippen molar-refractivity contribution in [3.63, 3.8) is 0 Å². The van der Waals surface area contributed by atoms with Crippen LogP contribution in [-0.4, -0.2) is 44.4 Å². The van der Waals surface area contributed by atoms with Crippen LogP contribution in [-0.2, 0) is 16.4 Å². The number of carbonyl (C=O) groups excluding carboxylic acids is 1. The lowest BCUT2D eigenvalue weighted by molar-refractivity contribution is 0.205. The van der Waals surface area contributed by atoms with E-state index in [1.54, 1.807) is 0 Å². The predicted molar refractivity (Wildman–Crippen MR) is 78.0 cm³/mol. The molecule has 22 heavy (non-hydrogen) atoms. The summed E-state index contributed by atoms with van der Waals surface area (Å²) in [6.45, 7) is 0.273. The van der Waals surface area contributed by atoms with Gasteiger partial charge in [0.1, 0.15) is 11.6 Å². The molecule has 1 aromatic carbocycles. The maximum absolute atomic E-state index is 13.5. The molecule has 1 aliphatic rings. The fraction of sp³-hybridized carbons (Fsp3) is 0.500. The number of urea groups is 1. The summed E-state index contributed by atoms with van der Waals surface area (Å²) in [7, 11) is -1.48. The highest BCUT2D eigenvalue weighted by Crippen LogP contribution is 2.17. The number of rotatable bonds is 4. The minimum atomic E-state index is -2.97. The summed E-state index contributed by atoms with van der Waals surface area (Å²) < 4.78 is 49.0. The minimum absolute atomic E-state index is 0.000905. The molecule has 0 aromatic heterocycles. The van der Waals surface area contributed by atoms with E-state index in [0.717, 1.165) is 12.1 Å². The molecular formula is C14H18F2N2O3S. The second kappa shape index (κ2) is 6.60. The molecule has 2 rings (SSSR count). The zero-order chi connectivity index (χ0) is 16.3. The lowest BCUT2D eigenvalue weighted by atomic mass is 10.1. The number of benzene rings is 1. The van der Waals surface area contributed by atoms with Crippen LogP contribution in [0.3, 0.4) is 0 Å². The summed E-state index contributed by atoms with van der Waals surface area (Å²) in [6, 6.07) is 2.77. The van der Waals surface area contributed by atoms with E-state index < -0.39 is 27.5 Å². The van der Waals surface area contributed by atoms with Crippen molar-refractivity contribution in [2.45, 2.75) is 13.0 Å². The first-order chi connectivity index (χ1) is 10.3. The van der Waals surface area contributed by atoms with E-state index in [1.807, 2.05) is 0 Å². The average Bonchev–Trinajstić information content (AvgIpc) is 2.78. The summed E-state index contributed by atoms with van der Waals surface area (Å²) in [5, 5.41) is 2.64. The van der Waals surface area contributed by atoms with Gasteiger partial charge in [-0.15, -0.1) is 0 Å². The molecule has 0 saturated carbocycles. The number of amides is 2. The SMILES string of the molecule is CN(Cc1ccc(F)cc1F)C(=O)NCC1CCS(=O)(=O)C1. The monoisotopic (exact) mass is 332 g/mol. The highest BCUT2D eigenvalue weighted by atomic mass is 32.2. The molecule has 1 fully saturated rings. The van der Waals surface area contributed by atoms with Gasteiger partial charge in [0.15, 0.2) is 9.84 Å². The molecule has 1 heterocycles. The van der Waals surface area contributed by atoms with Crippen LogP contribution in [0.4, 0.5) is 13.6 Å². The third-order valence-electron chi connectivity index (χ3n) is 3.64.